The standard InChI is InChI=1S/C24H27Cl2N5O3/c1-24(14-34-13-21(24)32)30-4-2-15(3-5-30)19-6-16-8-22(27-9-17(16)7-20(19)26)29-23(33)12-31-11-18(25)10-28-31/h6-11,15,21,32H,2-5,12-14H2,1H3,(H,27,29,33)/t21-,24+/m0/s1. The monoisotopic (exact) mass is 503 g/mol. The van der Waals surface area contributed by atoms with Crippen LogP contribution in [-0.2, 0) is 16.1 Å². The Hall–Kier alpha value is -2.23. The Kier molecular flexibility index (Phi) is 6.52. The van der Waals surface area contributed by atoms with E-state index in [0.717, 1.165) is 47.3 Å². The maximum Gasteiger partial charge on any atom is 0.247 e. The molecule has 2 atom stereocenters. The SMILES string of the molecule is C[C@@]1(N2CCC(c3cc4cc(NC(=O)Cn5cc(Cl)cn5)ncc4cc3Cl)CC2)COC[C@@H]1O. The van der Waals surface area contributed by atoms with Crippen molar-refractivity contribution in [2.24, 2.45) is 0 Å². The number of aliphatic hydroxyl groups is 1. The van der Waals surface area contributed by atoms with Crippen LogP contribution in [0.4, 0.5) is 5.82 Å². The molecule has 2 aliphatic heterocycles. The highest BCUT2D eigenvalue weighted by Crippen LogP contribution is 2.38. The molecule has 34 heavy (non-hydrogen) atoms. The van der Waals surface area contributed by atoms with E-state index in [0.29, 0.717) is 30.0 Å². The molecule has 0 radical (unpaired) electrons. The first kappa shape index (κ1) is 23.5. The Morgan fingerprint density at radius 1 is 1.24 bits per heavy atom. The van der Waals surface area contributed by atoms with E-state index in [4.69, 9.17) is 27.9 Å². The van der Waals surface area contributed by atoms with Crippen molar-refractivity contribution in [1.29, 1.82) is 0 Å². The number of halogens is 2. The van der Waals surface area contributed by atoms with Crippen molar-refractivity contribution in [1.82, 2.24) is 19.7 Å². The molecule has 0 spiro atoms. The Bertz CT molecular complexity index is 1210. The number of aliphatic hydroxyl groups excluding tert-OH is 1. The van der Waals surface area contributed by atoms with Crippen LogP contribution in [0.5, 0.6) is 0 Å². The Morgan fingerprint density at radius 2 is 2.03 bits per heavy atom. The van der Waals surface area contributed by atoms with Gasteiger partial charge in [-0.3, -0.25) is 14.4 Å². The minimum atomic E-state index is -0.459. The highest BCUT2D eigenvalue weighted by Gasteiger charge is 2.45. The summed E-state index contributed by atoms with van der Waals surface area (Å²) in [5, 5.41) is 20.3. The van der Waals surface area contributed by atoms with E-state index in [1.807, 2.05) is 12.1 Å². The number of rotatable bonds is 5. The first-order valence-corrected chi connectivity index (χ1v) is 12.2. The molecule has 4 heterocycles. The van der Waals surface area contributed by atoms with Crippen molar-refractivity contribution in [3.8, 4) is 0 Å². The maximum absolute atomic E-state index is 12.4. The summed E-state index contributed by atoms with van der Waals surface area (Å²) in [4.78, 5) is 19.1. The van der Waals surface area contributed by atoms with Crippen LogP contribution in [0.3, 0.4) is 0 Å². The maximum atomic E-state index is 12.4. The van der Waals surface area contributed by atoms with Crippen molar-refractivity contribution in [3.05, 3.63) is 52.4 Å². The summed E-state index contributed by atoms with van der Waals surface area (Å²) in [7, 11) is 0. The predicted octanol–water partition coefficient (Wildman–Crippen LogP) is 3.71. The van der Waals surface area contributed by atoms with Crippen molar-refractivity contribution in [2.45, 2.75) is 43.9 Å². The van der Waals surface area contributed by atoms with Gasteiger partial charge in [0.1, 0.15) is 12.4 Å². The van der Waals surface area contributed by atoms with Gasteiger partial charge in [-0.05, 0) is 67.9 Å². The number of amides is 1. The fraction of sp³-hybridized carbons (Fsp3) is 0.458. The molecule has 2 aromatic heterocycles. The third-order valence-electron chi connectivity index (χ3n) is 7.06. The quantitative estimate of drug-likeness (QED) is 0.551. The minimum Gasteiger partial charge on any atom is -0.389 e. The van der Waals surface area contributed by atoms with Gasteiger partial charge in [-0.25, -0.2) is 4.98 Å². The second-order valence-electron chi connectivity index (χ2n) is 9.34. The number of fused-ring (bicyclic) bond motifs is 1. The summed E-state index contributed by atoms with van der Waals surface area (Å²) < 4.78 is 6.99. The van der Waals surface area contributed by atoms with Gasteiger partial charge in [0.15, 0.2) is 0 Å². The molecule has 1 aromatic carbocycles. The smallest absolute Gasteiger partial charge is 0.247 e. The van der Waals surface area contributed by atoms with Gasteiger partial charge in [0.25, 0.3) is 0 Å². The molecule has 180 valence electrons. The first-order valence-electron chi connectivity index (χ1n) is 11.4. The average molecular weight is 504 g/mol. The van der Waals surface area contributed by atoms with Crippen LogP contribution in [0.2, 0.25) is 10.0 Å². The molecule has 2 fully saturated rings. The second kappa shape index (κ2) is 9.43. The molecule has 8 nitrogen and oxygen atoms in total. The normalized spacial score (nSPS) is 24.1. The molecule has 2 N–H and O–H groups in total. The molecule has 1 amide bonds. The number of pyridine rings is 1. The fourth-order valence-electron chi connectivity index (χ4n) is 4.98. The summed E-state index contributed by atoms with van der Waals surface area (Å²) in [6, 6.07) is 5.92. The average Bonchev–Trinajstić information content (AvgIpc) is 3.38. The number of hydrogen-bond acceptors (Lipinski definition) is 6. The third kappa shape index (κ3) is 4.65. The van der Waals surface area contributed by atoms with Gasteiger partial charge < -0.3 is 15.2 Å². The molecule has 2 aliphatic rings. The Morgan fingerprint density at radius 3 is 2.71 bits per heavy atom. The van der Waals surface area contributed by atoms with Crippen LogP contribution < -0.4 is 5.32 Å². The van der Waals surface area contributed by atoms with Gasteiger partial charge in [-0.1, -0.05) is 23.2 Å². The molecule has 3 aromatic rings. The number of benzene rings is 1. The van der Waals surface area contributed by atoms with E-state index >= 15 is 0 Å². The number of aromatic nitrogens is 3. The first-order chi connectivity index (χ1) is 16.3. The van der Waals surface area contributed by atoms with Gasteiger partial charge in [0.2, 0.25) is 5.91 Å². The zero-order chi connectivity index (χ0) is 23.9. The number of hydrogen-bond donors (Lipinski definition) is 2. The zero-order valence-corrected chi connectivity index (χ0v) is 20.4. The van der Waals surface area contributed by atoms with Gasteiger partial charge in [-0.15, -0.1) is 0 Å². The summed E-state index contributed by atoms with van der Waals surface area (Å²) in [5.74, 6) is 0.564. The predicted molar refractivity (Wildman–Crippen MR) is 131 cm³/mol. The number of carbonyl (C=O) groups is 1. The van der Waals surface area contributed by atoms with E-state index < -0.39 is 6.10 Å². The van der Waals surface area contributed by atoms with Gasteiger partial charge in [0, 0.05) is 22.8 Å². The van der Waals surface area contributed by atoms with Crippen LogP contribution in [-0.4, -0.2) is 68.6 Å². The number of nitrogens with one attached hydrogen (secondary N) is 1. The largest absolute Gasteiger partial charge is 0.389 e. The molecule has 0 aliphatic carbocycles. The van der Waals surface area contributed by atoms with Crippen LogP contribution >= 0.6 is 23.2 Å². The fourth-order valence-corrected chi connectivity index (χ4v) is 5.46. The van der Waals surface area contributed by atoms with Crippen LogP contribution in [0.25, 0.3) is 10.8 Å². The molecule has 5 rings (SSSR count). The van der Waals surface area contributed by atoms with Crippen LogP contribution in [0, 0.1) is 0 Å². The van der Waals surface area contributed by atoms with Crippen LogP contribution in [0.1, 0.15) is 31.2 Å². The summed E-state index contributed by atoms with van der Waals surface area (Å²) in [5.41, 5.74) is 0.787. The number of ether oxygens (including phenoxy) is 1. The van der Waals surface area contributed by atoms with Crippen molar-refractivity contribution in [2.75, 3.05) is 31.6 Å². The molecule has 10 heteroatoms. The van der Waals surface area contributed by atoms with Crippen molar-refractivity contribution >= 4 is 45.7 Å². The summed E-state index contributed by atoms with van der Waals surface area (Å²) in [6.07, 6.45) is 6.25. The number of carbonyl (C=O) groups excluding carboxylic acids is 1. The topological polar surface area (TPSA) is 92.5 Å². The second-order valence-corrected chi connectivity index (χ2v) is 10.2. The van der Waals surface area contributed by atoms with Gasteiger partial charge in [0.05, 0.1) is 36.1 Å². The molecular formula is C24H27Cl2N5O3. The lowest BCUT2D eigenvalue weighted by molar-refractivity contribution is -0.116. The lowest BCUT2D eigenvalue weighted by atomic mass is 9.85. The van der Waals surface area contributed by atoms with E-state index in [2.05, 4.69) is 33.3 Å². The number of likely N-dealkylation sites (tertiary alicyclic amines) is 1. The lowest BCUT2D eigenvalue weighted by Crippen LogP contribution is -2.56. The number of piperidine rings is 1. The minimum absolute atomic E-state index is 0.0511. The molecule has 0 saturated carbocycles. The van der Waals surface area contributed by atoms with Gasteiger partial charge >= 0.3 is 0 Å². The van der Waals surface area contributed by atoms with Gasteiger partial charge in [-0.2, -0.15) is 5.10 Å². The number of nitrogens with zero attached hydrogens (tertiary/aromatic N) is 4. The summed E-state index contributed by atoms with van der Waals surface area (Å²) >= 11 is 12.5. The van der Waals surface area contributed by atoms with E-state index in [1.54, 1.807) is 12.4 Å². The third-order valence-corrected chi connectivity index (χ3v) is 7.58. The lowest BCUT2D eigenvalue weighted by Gasteiger charge is -2.43. The number of anilines is 1. The van der Waals surface area contributed by atoms with E-state index in [9.17, 15) is 9.90 Å². The molecular weight excluding hydrogens is 477 g/mol. The van der Waals surface area contributed by atoms with Crippen molar-refractivity contribution in [3.63, 3.8) is 0 Å². The Balaban J connectivity index is 1.29. The Labute approximate surface area is 207 Å². The zero-order valence-electron chi connectivity index (χ0n) is 18.9. The molecule has 0 bridgehead atoms. The highest BCUT2D eigenvalue weighted by molar-refractivity contribution is 6.32. The van der Waals surface area contributed by atoms with Crippen molar-refractivity contribution < 1.29 is 14.6 Å². The highest BCUT2D eigenvalue weighted by atomic mass is 35.5. The molecule has 0 unspecified atom stereocenters. The molecule has 2 saturated heterocycles. The van der Waals surface area contributed by atoms with E-state index in [1.165, 1.54) is 10.9 Å². The van der Waals surface area contributed by atoms with E-state index in [-0.39, 0.29) is 18.0 Å². The summed E-state index contributed by atoms with van der Waals surface area (Å²) in [6.45, 7) is 4.85. The van der Waals surface area contributed by atoms with Crippen LogP contribution in [0.15, 0.2) is 36.8 Å².